The molecule has 0 aliphatic heterocycles. The Labute approximate surface area is 444 Å². The second kappa shape index (κ2) is 61.1. The molecule has 0 bridgehead atoms. The number of ether oxygens (including phenoxy) is 3. The molecule has 1 unspecified atom stereocenters. The summed E-state index contributed by atoms with van der Waals surface area (Å²) in [6.45, 7) is 7.46. The molecule has 0 rings (SSSR count). The Hall–Kier alpha value is -4.22. The van der Waals surface area contributed by atoms with Crippen molar-refractivity contribution < 1.29 is 23.8 Å². The topological polar surface area (TPSA) is 61.8 Å². The standard InChI is InChI=1S/C67H108O5/c1-4-7-10-13-16-19-22-25-28-31-33-35-38-41-44-47-50-53-56-59-62-70-63-65(72-67(69)61-58-55-52-49-46-43-40-36-30-27-24-21-18-15-12-9-6-3)64-71-66(68)60-57-54-51-48-45-42-39-37-34-32-29-26-23-20-17-14-11-8-5-2/h8-9,11-12,16-21,25-30,33-35,37,42,45,51,54,65H,4-7,10,13-15,22-24,31-32,36,38-41,43-44,46-50,52-53,55-64H2,1-3H3/b11-8-,12-9-,19-16-,20-17-,21-18-,28-25-,29-26-,30-27-,35-33-,37-34-,45-42-,54-51-. The maximum absolute atomic E-state index is 12.9. The third-order valence-corrected chi connectivity index (χ3v) is 11.9. The summed E-state index contributed by atoms with van der Waals surface area (Å²) in [4.78, 5) is 25.5. The average Bonchev–Trinajstić information content (AvgIpc) is 3.38. The minimum Gasteiger partial charge on any atom is -0.462 e. The van der Waals surface area contributed by atoms with Gasteiger partial charge in [0.2, 0.25) is 0 Å². The zero-order valence-corrected chi connectivity index (χ0v) is 46.6. The predicted molar refractivity (Wildman–Crippen MR) is 315 cm³/mol. The molecule has 0 N–H and O–H groups in total. The number of allylic oxidation sites excluding steroid dienone is 24. The first kappa shape index (κ1) is 67.8. The van der Waals surface area contributed by atoms with Gasteiger partial charge in [-0.1, -0.05) is 244 Å². The Morgan fingerprint density at radius 3 is 1.06 bits per heavy atom. The molecule has 1 atom stereocenters. The van der Waals surface area contributed by atoms with Crippen molar-refractivity contribution in [3.05, 3.63) is 146 Å². The van der Waals surface area contributed by atoms with Gasteiger partial charge in [0.15, 0.2) is 6.10 Å². The second-order valence-electron chi connectivity index (χ2n) is 18.8. The van der Waals surface area contributed by atoms with Crippen LogP contribution in [0.1, 0.15) is 239 Å². The molecule has 0 aromatic carbocycles. The van der Waals surface area contributed by atoms with Crippen LogP contribution in [0, 0.1) is 0 Å². The van der Waals surface area contributed by atoms with Gasteiger partial charge in [0.25, 0.3) is 0 Å². The zero-order chi connectivity index (χ0) is 52.0. The summed E-state index contributed by atoms with van der Waals surface area (Å²) in [6.07, 6.45) is 88.8. The zero-order valence-electron chi connectivity index (χ0n) is 46.6. The van der Waals surface area contributed by atoms with E-state index in [-0.39, 0.29) is 25.2 Å². The van der Waals surface area contributed by atoms with E-state index in [0.29, 0.717) is 25.9 Å². The van der Waals surface area contributed by atoms with E-state index in [1.54, 1.807) is 0 Å². The highest BCUT2D eigenvalue weighted by atomic mass is 16.6. The van der Waals surface area contributed by atoms with E-state index >= 15 is 0 Å². The highest BCUT2D eigenvalue weighted by Crippen LogP contribution is 2.13. The minimum atomic E-state index is -0.590. The van der Waals surface area contributed by atoms with E-state index < -0.39 is 6.10 Å². The van der Waals surface area contributed by atoms with Crippen molar-refractivity contribution in [2.75, 3.05) is 19.8 Å². The number of unbranched alkanes of at least 4 members (excludes halogenated alkanes) is 17. The summed E-state index contributed by atoms with van der Waals surface area (Å²) < 4.78 is 17.4. The molecule has 0 aromatic rings. The van der Waals surface area contributed by atoms with Crippen molar-refractivity contribution in [2.45, 2.75) is 245 Å². The van der Waals surface area contributed by atoms with Crippen LogP contribution in [-0.4, -0.2) is 37.9 Å². The molecule has 0 amide bonds. The lowest BCUT2D eigenvalue weighted by atomic mass is 10.1. The lowest BCUT2D eigenvalue weighted by Gasteiger charge is -2.18. The van der Waals surface area contributed by atoms with Crippen molar-refractivity contribution in [3.63, 3.8) is 0 Å². The quantitative estimate of drug-likeness (QED) is 0.0345. The van der Waals surface area contributed by atoms with Gasteiger partial charge in [-0.15, -0.1) is 0 Å². The molecule has 5 nitrogen and oxygen atoms in total. The monoisotopic (exact) mass is 993 g/mol. The number of carbonyl (C=O) groups excluding carboxylic acids is 2. The van der Waals surface area contributed by atoms with E-state index in [0.717, 1.165) is 109 Å². The van der Waals surface area contributed by atoms with E-state index in [1.165, 1.54) is 89.9 Å². The average molecular weight is 994 g/mol. The number of hydrogen-bond acceptors (Lipinski definition) is 5. The summed E-state index contributed by atoms with van der Waals surface area (Å²) >= 11 is 0. The Kier molecular flexibility index (Phi) is 57.5. The van der Waals surface area contributed by atoms with Gasteiger partial charge >= 0.3 is 11.9 Å². The first-order chi connectivity index (χ1) is 35.6. The first-order valence-corrected chi connectivity index (χ1v) is 29.4. The molecule has 0 spiro atoms. The molecule has 5 heteroatoms. The van der Waals surface area contributed by atoms with Gasteiger partial charge in [-0.2, -0.15) is 0 Å². The van der Waals surface area contributed by atoms with E-state index in [4.69, 9.17) is 14.2 Å². The van der Waals surface area contributed by atoms with Gasteiger partial charge in [0.05, 0.1) is 6.61 Å². The summed E-state index contributed by atoms with van der Waals surface area (Å²) in [7, 11) is 0. The summed E-state index contributed by atoms with van der Waals surface area (Å²) in [5, 5.41) is 0. The van der Waals surface area contributed by atoms with Gasteiger partial charge < -0.3 is 14.2 Å². The van der Waals surface area contributed by atoms with Crippen molar-refractivity contribution in [1.29, 1.82) is 0 Å². The molecule has 0 aliphatic carbocycles. The SMILES string of the molecule is CC/C=C\C/C=C\C/C=C\C/C=C\C/C=C\C/C=C\CCC(=O)OCC(COCCCCCCCCC/C=C\C/C=C\C/C=C\CCCCC)OC(=O)CCCCCCCCC/C=C\C/C=C\C/C=C\CC. The molecular weight excluding hydrogens is 885 g/mol. The summed E-state index contributed by atoms with van der Waals surface area (Å²) in [5.41, 5.74) is 0. The van der Waals surface area contributed by atoms with E-state index in [9.17, 15) is 9.59 Å². The highest BCUT2D eigenvalue weighted by molar-refractivity contribution is 5.70. The van der Waals surface area contributed by atoms with Crippen LogP contribution < -0.4 is 0 Å². The molecule has 406 valence electrons. The van der Waals surface area contributed by atoms with Crippen LogP contribution in [-0.2, 0) is 23.8 Å². The van der Waals surface area contributed by atoms with Gasteiger partial charge in [-0.25, -0.2) is 0 Å². The Morgan fingerprint density at radius 1 is 0.319 bits per heavy atom. The summed E-state index contributed by atoms with van der Waals surface area (Å²) in [5.74, 6) is -0.518. The fraction of sp³-hybridized carbons (Fsp3) is 0.612. The molecule has 0 aromatic heterocycles. The number of esters is 2. The molecular formula is C67H108O5. The van der Waals surface area contributed by atoms with E-state index in [1.807, 2.05) is 6.08 Å². The number of hydrogen-bond donors (Lipinski definition) is 0. The van der Waals surface area contributed by atoms with Crippen LogP contribution in [0.25, 0.3) is 0 Å². The van der Waals surface area contributed by atoms with Crippen molar-refractivity contribution >= 4 is 11.9 Å². The van der Waals surface area contributed by atoms with E-state index in [2.05, 4.69) is 161 Å². The maximum Gasteiger partial charge on any atom is 0.306 e. The van der Waals surface area contributed by atoms with Crippen LogP contribution in [0.2, 0.25) is 0 Å². The molecule has 0 saturated carbocycles. The molecule has 0 heterocycles. The number of carbonyl (C=O) groups is 2. The Morgan fingerprint density at radius 2 is 0.653 bits per heavy atom. The normalized spacial score (nSPS) is 13.3. The van der Waals surface area contributed by atoms with Crippen LogP contribution in [0.4, 0.5) is 0 Å². The van der Waals surface area contributed by atoms with Crippen LogP contribution in [0.3, 0.4) is 0 Å². The predicted octanol–water partition coefficient (Wildman–Crippen LogP) is 20.5. The van der Waals surface area contributed by atoms with Gasteiger partial charge in [0, 0.05) is 19.4 Å². The first-order valence-electron chi connectivity index (χ1n) is 29.4. The third-order valence-electron chi connectivity index (χ3n) is 11.9. The van der Waals surface area contributed by atoms with Crippen LogP contribution in [0.5, 0.6) is 0 Å². The lowest BCUT2D eigenvalue weighted by molar-refractivity contribution is -0.162. The maximum atomic E-state index is 12.9. The molecule has 0 radical (unpaired) electrons. The summed E-state index contributed by atoms with van der Waals surface area (Å²) in [6, 6.07) is 0. The van der Waals surface area contributed by atoms with Crippen LogP contribution >= 0.6 is 0 Å². The lowest BCUT2D eigenvalue weighted by Crippen LogP contribution is -2.30. The van der Waals surface area contributed by atoms with Gasteiger partial charge in [-0.3, -0.25) is 9.59 Å². The van der Waals surface area contributed by atoms with Crippen molar-refractivity contribution in [2.24, 2.45) is 0 Å². The molecule has 0 fully saturated rings. The largest absolute Gasteiger partial charge is 0.462 e. The van der Waals surface area contributed by atoms with Gasteiger partial charge in [0.1, 0.15) is 6.61 Å². The minimum absolute atomic E-state index is 0.0274. The smallest absolute Gasteiger partial charge is 0.306 e. The molecule has 0 saturated heterocycles. The number of rotatable bonds is 52. The second-order valence-corrected chi connectivity index (χ2v) is 18.8. The van der Waals surface area contributed by atoms with Crippen LogP contribution in [0.15, 0.2) is 146 Å². The van der Waals surface area contributed by atoms with Gasteiger partial charge in [-0.05, 0) is 128 Å². The van der Waals surface area contributed by atoms with Crippen molar-refractivity contribution in [3.8, 4) is 0 Å². The third kappa shape index (κ3) is 58.4. The fourth-order valence-corrected chi connectivity index (χ4v) is 7.56. The molecule has 0 aliphatic rings. The molecule has 72 heavy (non-hydrogen) atoms. The Bertz CT molecular complexity index is 1540. The Balaban J connectivity index is 4.46. The fourth-order valence-electron chi connectivity index (χ4n) is 7.56. The van der Waals surface area contributed by atoms with Crippen molar-refractivity contribution in [1.82, 2.24) is 0 Å². The highest BCUT2D eigenvalue weighted by Gasteiger charge is 2.17.